The number of hydrogen-bond donors (Lipinski definition) is 1. The van der Waals surface area contributed by atoms with E-state index in [4.69, 9.17) is 0 Å². The number of carbonyl (C=O) groups is 2. The number of rotatable bonds is 0. The van der Waals surface area contributed by atoms with Crippen LogP contribution in [0.2, 0.25) is 0 Å². The summed E-state index contributed by atoms with van der Waals surface area (Å²) in [7, 11) is 0. The highest BCUT2D eigenvalue weighted by molar-refractivity contribution is 9.10. The number of carbonyl (C=O) groups excluding carboxylic acids is 2. The lowest BCUT2D eigenvalue weighted by Crippen LogP contribution is -2.21. The average molecular weight is 303 g/mol. The number of phenolic OH excluding ortho intramolecular Hbond substituents is 1. The zero-order chi connectivity index (χ0) is 12.9. The number of aromatic hydroxyl groups is 1. The molecule has 3 nitrogen and oxygen atoms in total. The lowest BCUT2D eigenvalue weighted by atomic mass is 9.84. The van der Waals surface area contributed by atoms with Crippen LogP contribution in [-0.4, -0.2) is 16.7 Å². The van der Waals surface area contributed by atoms with Gasteiger partial charge in [-0.05, 0) is 12.1 Å². The largest absolute Gasteiger partial charge is 0.507 e. The Hall–Kier alpha value is -1.94. The molecule has 1 aliphatic carbocycles. The molecule has 0 spiro atoms. The fourth-order valence-electron chi connectivity index (χ4n) is 2.18. The Labute approximate surface area is 111 Å². The maximum Gasteiger partial charge on any atom is 0.199 e. The van der Waals surface area contributed by atoms with Gasteiger partial charge in [-0.25, -0.2) is 0 Å². The first-order chi connectivity index (χ1) is 8.61. The highest BCUT2D eigenvalue weighted by Crippen LogP contribution is 2.35. The summed E-state index contributed by atoms with van der Waals surface area (Å²) < 4.78 is 0.562. The van der Waals surface area contributed by atoms with Crippen molar-refractivity contribution in [2.24, 2.45) is 0 Å². The van der Waals surface area contributed by atoms with Gasteiger partial charge in [0.2, 0.25) is 0 Å². The Bertz CT molecular complexity index is 647. The first-order valence-electron chi connectivity index (χ1n) is 5.31. The van der Waals surface area contributed by atoms with Crippen molar-refractivity contribution in [1.82, 2.24) is 0 Å². The van der Waals surface area contributed by atoms with Gasteiger partial charge in [0.15, 0.2) is 11.6 Å². The summed E-state index contributed by atoms with van der Waals surface area (Å²) in [6.45, 7) is 0. The van der Waals surface area contributed by atoms with E-state index in [1.165, 1.54) is 6.07 Å². The number of fused-ring (bicyclic) bond motifs is 2. The third-order valence-electron chi connectivity index (χ3n) is 3.00. The number of phenols is 1. The molecular weight excluding hydrogens is 296 g/mol. The second-order valence-corrected chi connectivity index (χ2v) is 4.87. The molecule has 0 aliphatic heterocycles. The molecule has 0 amide bonds. The molecule has 0 unspecified atom stereocenters. The summed E-state index contributed by atoms with van der Waals surface area (Å²) in [6.07, 6.45) is 0. The fourth-order valence-corrected chi connectivity index (χ4v) is 2.73. The monoisotopic (exact) mass is 302 g/mol. The van der Waals surface area contributed by atoms with Crippen molar-refractivity contribution in [3.63, 3.8) is 0 Å². The Balaban J connectivity index is 2.40. The molecule has 4 heteroatoms. The van der Waals surface area contributed by atoms with Crippen LogP contribution in [0, 0.1) is 0 Å². The van der Waals surface area contributed by atoms with Gasteiger partial charge >= 0.3 is 0 Å². The van der Waals surface area contributed by atoms with Crippen LogP contribution in [0.1, 0.15) is 31.8 Å². The van der Waals surface area contributed by atoms with Crippen LogP contribution in [0.25, 0.3) is 0 Å². The summed E-state index contributed by atoms with van der Waals surface area (Å²) in [6, 6.07) is 9.55. The molecule has 2 aromatic carbocycles. The predicted octanol–water partition coefficient (Wildman–Crippen LogP) is 2.93. The standard InChI is InChI=1S/C14H7BrO3/c15-9-5-1-3-7-11(9)14(18)12-8(13(7)17)4-2-6-10(12)16/h1-6,16H. The number of ketones is 2. The first-order valence-corrected chi connectivity index (χ1v) is 6.10. The van der Waals surface area contributed by atoms with Gasteiger partial charge in [0, 0.05) is 21.2 Å². The second kappa shape index (κ2) is 3.78. The Morgan fingerprint density at radius 1 is 0.833 bits per heavy atom. The average Bonchev–Trinajstić information content (AvgIpc) is 2.35. The molecule has 2 aromatic rings. The first kappa shape index (κ1) is 11.2. The van der Waals surface area contributed by atoms with Crippen LogP contribution >= 0.6 is 15.9 Å². The van der Waals surface area contributed by atoms with Gasteiger partial charge < -0.3 is 5.11 Å². The molecule has 0 bridgehead atoms. The van der Waals surface area contributed by atoms with E-state index >= 15 is 0 Å². The van der Waals surface area contributed by atoms with Crippen LogP contribution in [0.15, 0.2) is 40.9 Å². The second-order valence-electron chi connectivity index (χ2n) is 4.02. The van der Waals surface area contributed by atoms with Crippen LogP contribution < -0.4 is 0 Å². The maximum atomic E-state index is 12.4. The molecule has 1 N–H and O–H groups in total. The molecule has 0 heterocycles. The van der Waals surface area contributed by atoms with Crippen molar-refractivity contribution in [2.45, 2.75) is 0 Å². The van der Waals surface area contributed by atoms with Crippen LogP contribution in [-0.2, 0) is 0 Å². The molecule has 1 aliphatic rings. The molecule has 0 saturated heterocycles. The highest BCUT2D eigenvalue weighted by atomic mass is 79.9. The van der Waals surface area contributed by atoms with Crippen molar-refractivity contribution >= 4 is 27.5 Å². The zero-order valence-corrected chi connectivity index (χ0v) is 10.7. The molecule has 0 saturated carbocycles. The highest BCUT2D eigenvalue weighted by Gasteiger charge is 2.32. The summed E-state index contributed by atoms with van der Waals surface area (Å²) in [5, 5.41) is 9.77. The van der Waals surface area contributed by atoms with Crippen molar-refractivity contribution in [2.75, 3.05) is 0 Å². The molecule has 0 aromatic heterocycles. The van der Waals surface area contributed by atoms with Gasteiger partial charge in [0.1, 0.15) is 5.75 Å². The Morgan fingerprint density at radius 2 is 1.44 bits per heavy atom. The summed E-state index contributed by atoms with van der Waals surface area (Å²) in [4.78, 5) is 24.6. The zero-order valence-electron chi connectivity index (χ0n) is 9.11. The third kappa shape index (κ3) is 1.36. The number of benzene rings is 2. The van der Waals surface area contributed by atoms with Crippen LogP contribution in [0.3, 0.4) is 0 Å². The van der Waals surface area contributed by atoms with E-state index in [2.05, 4.69) is 15.9 Å². The van der Waals surface area contributed by atoms with Gasteiger partial charge in [0.05, 0.1) is 5.56 Å². The van der Waals surface area contributed by atoms with Gasteiger partial charge in [-0.15, -0.1) is 0 Å². The smallest absolute Gasteiger partial charge is 0.199 e. The van der Waals surface area contributed by atoms with Gasteiger partial charge in [0.25, 0.3) is 0 Å². The van der Waals surface area contributed by atoms with E-state index < -0.39 is 0 Å². The fraction of sp³-hybridized carbons (Fsp3) is 0. The van der Waals surface area contributed by atoms with E-state index in [0.29, 0.717) is 15.6 Å². The lowest BCUT2D eigenvalue weighted by Gasteiger charge is -2.18. The van der Waals surface area contributed by atoms with E-state index in [1.807, 2.05) is 0 Å². The minimum Gasteiger partial charge on any atom is -0.507 e. The molecule has 0 radical (unpaired) electrons. The van der Waals surface area contributed by atoms with Crippen molar-refractivity contribution < 1.29 is 14.7 Å². The molecule has 88 valence electrons. The summed E-state index contributed by atoms with van der Waals surface area (Å²) in [5.41, 5.74) is 1.02. The molecular formula is C14H7BrO3. The van der Waals surface area contributed by atoms with E-state index in [1.54, 1.807) is 30.3 Å². The van der Waals surface area contributed by atoms with Gasteiger partial charge in [-0.2, -0.15) is 0 Å². The number of halogens is 1. The Morgan fingerprint density at radius 3 is 2.17 bits per heavy atom. The Kier molecular flexibility index (Phi) is 2.35. The predicted molar refractivity (Wildman–Crippen MR) is 69.1 cm³/mol. The summed E-state index contributed by atoms with van der Waals surface area (Å²) >= 11 is 3.27. The molecule has 18 heavy (non-hydrogen) atoms. The topological polar surface area (TPSA) is 54.4 Å². The lowest BCUT2D eigenvalue weighted by molar-refractivity contribution is 0.0976. The van der Waals surface area contributed by atoms with Crippen LogP contribution in [0.4, 0.5) is 0 Å². The molecule has 0 fully saturated rings. The van der Waals surface area contributed by atoms with Crippen molar-refractivity contribution in [3.8, 4) is 5.75 Å². The van der Waals surface area contributed by atoms with E-state index in [9.17, 15) is 14.7 Å². The van der Waals surface area contributed by atoms with Crippen molar-refractivity contribution in [3.05, 3.63) is 63.1 Å². The SMILES string of the molecule is O=C1c2cccc(O)c2C(=O)c2c(Br)cccc21. The van der Waals surface area contributed by atoms with E-state index in [-0.39, 0.29) is 28.4 Å². The quantitative estimate of drug-likeness (QED) is 0.694. The normalized spacial score (nSPS) is 13.2. The molecule has 0 atom stereocenters. The summed E-state index contributed by atoms with van der Waals surface area (Å²) in [5.74, 6) is -0.728. The van der Waals surface area contributed by atoms with Crippen molar-refractivity contribution in [1.29, 1.82) is 0 Å². The number of hydrogen-bond acceptors (Lipinski definition) is 3. The van der Waals surface area contributed by atoms with Gasteiger partial charge in [-0.1, -0.05) is 40.2 Å². The molecule has 3 rings (SSSR count). The maximum absolute atomic E-state index is 12.4. The minimum atomic E-state index is -0.329. The minimum absolute atomic E-state index is 0.0851. The third-order valence-corrected chi connectivity index (χ3v) is 3.66. The van der Waals surface area contributed by atoms with E-state index in [0.717, 1.165) is 0 Å². The van der Waals surface area contributed by atoms with Crippen LogP contribution in [0.5, 0.6) is 5.75 Å². The van der Waals surface area contributed by atoms with Gasteiger partial charge in [-0.3, -0.25) is 9.59 Å².